The van der Waals surface area contributed by atoms with Gasteiger partial charge in [-0.05, 0) is 39.0 Å². The molecule has 0 unspecified atom stereocenters. The van der Waals surface area contributed by atoms with Gasteiger partial charge in [-0.15, -0.1) is 5.10 Å². The Kier molecular flexibility index (Phi) is 3.92. The van der Waals surface area contributed by atoms with Crippen molar-refractivity contribution in [3.05, 3.63) is 47.8 Å². The molecule has 0 fully saturated rings. The normalized spacial score (nSPS) is 11.0. The second kappa shape index (κ2) is 6.04. The van der Waals surface area contributed by atoms with E-state index in [1.165, 1.54) is 0 Å². The summed E-state index contributed by atoms with van der Waals surface area (Å²) in [6.45, 7) is 5.77. The monoisotopic (exact) mass is 311 g/mol. The summed E-state index contributed by atoms with van der Waals surface area (Å²) < 4.78 is 7.15. The van der Waals surface area contributed by atoms with Crippen molar-refractivity contribution in [2.75, 3.05) is 5.32 Å². The molecule has 3 aromatic rings. The van der Waals surface area contributed by atoms with Crippen LogP contribution in [-0.2, 0) is 0 Å². The number of hydrogen-bond donors (Lipinski definition) is 1. The molecule has 0 aliphatic heterocycles. The Bertz CT molecular complexity index is 820. The van der Waals surface area contributed by atoms with Crippen molar-refractivity contribution in [3.8, 4) is 11.5 Å². The maximum absolute atomic E-state index is 12.4. The second-order valence-electron chi connectivity index (χ2n) is 5.44. The minimum absolute atomic E-state index is 0.0583. The van der Waals surface area contributed by atoms with Gasteiger partial charge in [-0.1, -0.05) is 23.3 Å². The summed E-state index contributed by atoms with van der Waals surface area (Å²) in [5.74, 6) is 0.0250. The molecule has 118 valence electrons. The smallest absolute Gasteiger partial charge is 0.322 e. The molecule has 0 aliphatic carbocycles. The van der Waals surface area contributed by atoms with Gasteiger partial charge in [0.1, 0.15) is 5.69 Å². The summed E-state index contributed by atoms with van der Waals surface area (Å²) in [6.07, 6.45) is 0. The molecule has 0 spiro atoms. The number of carbonyl (C=O) groups is 1. The molecule has 0 aliphatic rings. The fourth-order valence-electron chi connectivity index (χ4n) is 2.21. The van der Waals surface area contributed by atoms with Crippen molar-refractivity contribution >= 4 is 11.9 Å². The average Bonchev–Trinajstić information content (AvgIpc) is 3.15. The van der Waals surface area contributed by atoms with Crippen LogP contribution in [0.3, 0.4) is 0 Å². The lowest BCUT2D eigenvalue weighted by atomic mass is 10.2. The molecule has 23 heavy (non-hydrogen) atoms. The lowest BCUT2D eigenvalue weighted by Crippen LogP contribution is -2.19. The predicted molar refractivity (Wildman–Crippen MR) is 85.0 cm³/mol. The van der Waals surface area contributed by atoms with E-state index in [1.54, 1.807) is 10.7 Å². The molecule has 1 N–H and O–H groups in total. The molecule has 0 saturated carbocycles. The van der Waals surface area contributed by atoms with E-state index in [2.05, 4.69) is 20.6 Å². The van der Waals surface area contributed by atoms with Crippen molar-refractivity contribution in [1.29, 1.82) is 0 Å². The van der Waals surface area contributed by atoms with Gasteiger partial charge in [0.25, 0.3) is 5.91 Å². The summed E-state index contributed by atoms with van der Waals surface area (Å²) in [5, 5.41) is 14.7. The first-order valence-electron chi connectivity index (χ1n) is 7.31. The van der Waals surface area contributed by atoms with Crippen LogP contribution >= 0.6 is 0 Å². The van der Waals surface area contributed by atoms with Gasteiger partial charge in [0, 0.05) is 11.6 Å². The zero-order chi connectivity index (χ0) is 16.4. The van der Waals surface area contributed by atoms with Gasteiger partial charge in [0.05, 0.1) is 5.69 Å². The largest absolute Gasteiger partial charge is 0.403 e. The Balaban J connectivity index is 1.80. The van der Waals surface area contributed by atoms with Gasteiger partial charge in [-0.25, -0.2) is 0 Å². The summed E-state index contributed by atoms with van der Waals surface area (Å²) in [4.78, 5) is 12.4. The van der Waals surface area contributed by atoms with Crippen LogP contribution in [0.25, 0.3) is 11.5 Å². The molecule has 2 aromatic heterocycles. The number of aryl methyl sites for hydroxylation is 1. The van der Waals surface area contributed by atoms with Crippen LogP contribution in [0.2, 0.25) is 0 Å². The molecule has 0 radical (unpaired) electrons. The molecule has 0 atom stereocenters. The summed E-state index contributed by atoms with van der Waals surface area (Å²) in [7, 11) is 0. The minimum Gasteiger partial charge on any atom is -0.403 e. The Morgan fingerprint density at radius 1 is 1.22 bits per heavy atom. The number of hydrogen-bond acceptors (Lipinski definition) is 5. The zero-order valence-electron chi connectivity index (χ0n) is 13.1. The van der Waals surface area contributed by atoms with Gasteiger partial charge < -0.3 is 4.42 Å². The molecule has 0 bridgehead atoms. The molecular formula is C16H17N5O2. The first-order valence-corrected chi connectivity index (χ1v) is 7.31. The van der Waals surface area contributed by atoms with Crippen LogP contribution < -0.4 is 5.32 Å². The van der Waals surface area contributed by atoms with Crippen LogP contribution in [-0.4, -0.2) is 25.9 Å². The number of benzene rings is 1. The SMILES string of the molecule is Cc1cc(C(=O)Nc2nnc(-c3ccccc3)o2)n(C(C)C)n1. The van der Waals surface area contributed by atoms with E-state index in [-0.39, 0.29) is 18.0 Å². The third-order valence-corrected chi connectivity index (χ3v) is 3.25. The van der Waals surface area contributed by atoms with Gasteiger partial charge in [0.2, 0.25) is 5.89 Å². The molecular weight excluding hydrogens is 294 g/mol. The fraction of sp³-hybridized carbons (Fsp3) is 0.250. The van der Waals surface area contributed by atoms with E-state index >= 15 is 0 Å². The zero-order valence-corrected chi connectivity index (χ0v) is 13.1. The van der Waals surface area contributed by atoms with Gasteiger partial charge in [-0.2, -0.15) is 5.10 Å². The number of nitrogens with zero attached hydrogens (tertiary/aromatic N) is 4. The fourth-order valence-corrected chi connectivity index (χ4v) is 2.21. The number of aromatic nitrogens is 4. The highest BCUT2D eigenvalue weighted by atomic mass is 16.4. The summed E-state index contributed by atoms with van der Waals surface area (Å²) in [5.41, 5.74) is 2.03. The van der Waals surface area contributed by atoms with Crippen LogP contribution in [0.1, 0.15) is 36.1 Å². The Hall–Kier alpha value is -2.96. The van der Waals surface area contributed by atoms with E-state index in [0.29, 0.717) is 11.6 Å². The molecule has 3 rings (SSSR count). The van der Waals surface area contributed by atoms with Crippen molar-refractivity contribution in [1.82, 2.24) is 20.0 Å². The quantitative estimate of drug-likeness (QED) is 0.800. The number of amides is 1. The van der Waals surface area contributed by atoms with E-state index in [9.17, 15) is 4.79 Å². The minimum atomic E-state index is -0.331. The average molecular weight is 311 g/mol. The van der Waals surface area contributed by atoms with Crippen molar-refractivity contribution in [2.24, 2.45) is 0 Å². The topological polar surface area (TPSA) is 85.8 Å². The van der Waals surface area contributed by atoms with Crippen molar-refractivity contribution < 1.29 is 9.21 Å². The summed E-state index contributed by atoms with van der Waals surface area (Å²) >= 11 is 0. The van der Waals surface area contributed by atoms with Crippen molar-refractivity contribution in [3.63, 3.8) is 0 Å². The predicted octanol–water partition coefficient (Wildman–Crippen LogP) is 3.07. The molecule has 7 nitrogen and oxygen atoms in total. The van der Waals surface area contributed by atoms with E-state index in [4.69, 9.17) is 4.42 Å². The Labute approximate surface area is 133 Å². The molecule has 0 saturated heterocycles. The number of anilines is 1. The maximum atomic E-state index is 12.4. The number of nitrogens with one attached hydrogen (secondary N) is 1. The van der Waals surface area contributed by atoms with E-state index < -0.39 is 0 Å². The number of carbonyl (C=O) groups excluding carboxylic acids is 1. The highest BCUT2D eigenvalue weighted by Gasteiger charge is 2.18. The Morgan fingerprint density at radius 3 is 2.65 bits per heavy atom. The van der Waals surface area contributed by atoms with Gasteiger partial charge in [0.15, 0.2) is 0 Å². The van der Waals surface area contributed by atoms with Gasteiger partial charge >= 0.3 is 6.01 Å². The van der Waals surface area contributed by atoms with E-state index in [1.807, 2.05) is 51.1 Å². The maximum Gasteiger partial charge on any atom is 0.322 e. The highest BCUT2D eigenvalue weighted by Crippen LogP contribution is 2.20. The highest BCUT2D eigenvalue weighted by molar-refractivity contribution is 6.02. The molecule has 2 heterocycles. The van der Waals surface area contributed by atoms with Gasteiger partial charge in [-0.3, -0.25) is 14.8 Å². The first kappa shape index (κ1) is 15.0. The van der Waals surface area contributed by atoms with Crippen LogP contribution in [0.4, 0.5) is 6.01 Å². The standard InChI is InChI=1S/C16H17N5O2/c1-10(2)21-13(9-11(3)20-21)14(22)17-16-19-18-15(23-16)12-7-5-4-6-8-12/h4-10H,1-3H3,(H,17,19,22). The van der Waals surface area contributed by atoms with Crippen LogP contribution in [0.15, 0.2) is 40.8 Å². The second-order valence-corrected chi connectivity index (χ2v) is 5.44. The van der Waals surface area contributed by atoms with Crippen LogP contribution in [0, 0.1) is 6.92 Å². The third kappa shape index (κ3) is 3.13. The van der Waals surface area contributed by atoms with E-state index in [0.717, 1.165) is 11.3 Å². The number of rotatable bonds is 4. The third-order valence-electron chi connectivity index (χ3n) is 3.25. The van der Waals surface area contributed by atoms with Crippen molar-refractivity contribution in [2.45, 2.75) is 26.8 Å². The molecule has 7 heteroatoms. The van der Waals surface area contributed by atoms with Crippen LogP contribution in [0.5, 0.6) is 0 Å². The lowest BCUT2D eigenvalue weighted by Gasteiger charge is -2.09. The Morgan fingerprint density at radius 2 is 1.96 bits per heavy atom. The molecule has 1 aromatic carbocycles. The first-order chi connectivity index (χ1) is 11.0. The lowest BCUT2D eigenvalue weighted by molar-refractivity contribution is 0.101. The summed E-state index contributed by atoms with van der Waals surface area (Å²) in [6, 6.07) is 11.2. The molecule has 1 amide bonds.